The fraction of sp³-hybridized carbons (Fsp3) is 0.400. The predicted octanol–water partition coefficient (Wildman–Crippen LogP) is 2.30. The van der Waals surface area contributed by atoms with Gasteiger partial charge in [-0.25, -0.2) is 0 Å². The SMILES string of the molecule is Cc1cc(O)c(C2(N)CC2)cc1Cl. The maximum atomic E-state index is 9.65. The second-order valence-electron chi connectivity index (χ2n) is 3.77. The largest absolute Gasteiger partial charge is 0.508 e. The fourth-order valence-corrected chi connectivity index (χ4v) is 1.63. The van der Waals surface area contributed by atoms with Gasteiger partial charge in [0.1, 0.15) is 5.75 Å². The zero-order valence-electron chi connectivity index (χ0n) is 7.47. The van der Waals surface area contributed by atoms with Crippen LogP contribution in [0.15, 0.2) is 12.1 Å². The first-order chi connectivity index (χ1) is 6.03. The van der Waals surface area contributed by atoms with Gasteiger partial charge >= 0.3 is 0 Å². The zero-order valence-corrected chi connectivity index (χ0v) is 8.23. The van der Waals surface area contributed by atoms with Gasteiger partial charge in [0.15, 0.2) is 0 Å². The summed E-state index contributed by atoms with van der Waals surface area (Å²) in [6, 6.07) is 3.45. The highest BCUT2D eigenvalue weighted by Gasteiger charge is 2.42. The summed E-state index contributed by atoms with van der Waals surface area (Å²) in [7, 11) is 0. The molecule has 1 aliphatic carbocycles. The second-order valence-corrected chi connectivity index (χ2v) is 4.18. The molecule has 0 aliphatic heterocycles. The summed E-state index contributed by atoms with van der Waals surface area (Å²) in [5.74, 6) is 0.266. The van der Waals surface area contributed by atoms with Crippen molar-refractivity contribution in [3.8, 4) is 5.75 Å². The molecule has 0 bridgehead atoms. The van der Waals surface area contributed by atoms with E-state index in [4.69, 9.17) is 17.3 Å². The smallest absolute Gasteiger partial charge is 0.120 e. The van der Waals surface area contributed by atoms with Crippen LogP contribution in [-0.2, 0) is 5.54 Å². The summed E-state index contributed by atoms with van der Waals surface area (Å²) in [6.07, 6.45) is 1.86. The number of hydrogen-bond donors (Lipinski definition) is 2. The van der Waals surface area contributed by atoms with E-state index in [0.29, 0.717) is 5.02 Å². The van der Waals surface area contributed by atoms with E-state index >= 15 is 0 Å². The molecule has 1 aliphatic rings. The number of phenolic OH excluding ortho intramolecular Hbond substituents is 1. The number of aromatic hydroxyl groups is 1. The van der Waals surface area contributed by atoms with Crippen molar-refractivity contribution in [2.24, 2.45) is 5.73 Å². The van der Waals surface area contributed by atoms with Crippen LogP contribution in [0.25, 0.3) is 0 Å². The molecule has 2 nitrogen and oxygen atoms in total. The van der Waals surface area contributed by atoms with E-state index in [0.717, 1.165) is 24.0 Å². The maximum absolute atomic E-state index is 9.65. The average molecular weight is 198 g/mol. The van der Waals surface area contributed by atoms with Crippen molar-refractivity contribution in [1.29, 1.82) is 0 Å². The van der Waals surface area contributed by atoms with Crippen LogP contribution < -0.4 is 5.73 Å². The van der Waals surface area contributed by atoms with Crippen molar-refractivity contribution in [2.45, 2.75) is 25.3 Å². The van der Waals surface area contributed by atoms with Crippen LogP contribution in [0.1, 0.15) is 24.0 Å². The Hall–Kier alpha value is -0.730. The molecule has 1 aromatic carbocycles. The van der Waals surface area contributed by atoms with Crippen molar-refractivity contribution in [1.82, 2.24) is 0 Å². The molecular formula is C10H12ClNO. The minimum absolute atomic E-state index is 0.266. The van der Waals surface area contributed by atoms with Gasteiger partial charge in [-0.1, -0.05) is 11.6 Å². The number of phenols is 1. The minimum Gasteiger partial charge on any atom is -0.508 e. The lowest BCUT2D eigenvalue weighted by atomic mass is 10.0. The third-order valence-corrected chi connectivity index (χ3v) is 3.01. The van der Waals surface area contributed by atoms with Crippen molar-refractivity contribution in [3.63, 3.8) is 0 Å². The maximum Gasteiger partial charge on any atom is 0.120 e. The molecule has 2 rings (SSSR count). The lowest BCUT2D eigenvalue weighted by Gasteiger charge is -2.12. The quantitative estimate of drug-likeness (QED) is 0.726. The van der Waals surface area contributed by atoms with Gasteiger partial charge in [0.2, 0.25) is 0 Å². The van der Waals surface area contributed by atoms with Crippen LogP contribution in [-0.4, -0.2) is 5.11 Å². The number of rotatable bonds is 1. The number of benzene rings is 1. The Morgan fingerprint density at radius 1 is 1.46 bits per heavy atom. The van der Waals surface area contributed by atoms with Crippen molar-refractivity contribution in [2.75, 3.05) is 0 Å². The Balaban J connectivity index is 2.52. The zero-order chi connectivity index (χ0) is 9.64. The first kappa shape index (κ1) is 8.85. The molecule has 13 heavy (non-hydrogen) atoms. The number of nitrogens with two attached hydrogens (primary N) is 1. The van der Waals surface area contributed by atoms with E-state index in [1.54, 1.807) is 12.1 Å². The number of halogens is 1. The van der Waals surface area contributed by atoms with Crippen LogP contribution in [0, 0.1) is 6.92 Å². The van der Waals surface area contributed by atoms with Gasteiger partial charge in [-0.3, -0.25) is 0 Å². The van der Waals surface area contributed by atoms with E-state index in [1.807, 2.05) is 6.92 Å². The molecule has 1 fully saturated rings. The van der Waals surface area contributed by atoms with Crippen molar-refractivity contribution >= 4 is 11.6 Å². The molecule has 0 amide bonds. The van der Waals surface area contributed by atoms with E-state index in [-0.39, 0.29) is 11.3 Å². The number of hydrogen-bond acceptors (Lipinski definition) is 2. The van der Waals surface area contributed by atoms with Crippen molar-refractivity contribution in [3.05, 3.63) is 28.3 Å². The van der Waals surface area contributed by atoms with Gasteiger partial charge in [0.25, 0.3) is 0 Å². The highest BCUT2D eigenvalue weighted by Crippen LogP contribution is 2.47. The Morgan fingerprint density at radius 3 is 2.62 bits per heavy atom. The third-order valence-electron chi connectivity index (χ3n) is 2.60. The topological polar surface area (TPSA) is 46.2 Å². The normalized spacial score (nSPS) is 18.7. The molecule has 3 N–H and O–H groups in total. The summed E-state index contributed by atoms with van der Waals surface area (Å²) in [6.45, 7) is 1.86. The van der Waals surface area contributed by atoms with Crippen LogP contribution in [0.4, 0.5) is 0 Å². The third kappa shape index (κ3) is 1.40. The van der Waals surface area contributed by atoms with Gasteiger partial charge in [-0.15, -0.1) is 0 Å². The van der Waals surface area contributed by atoms with E-state index < -0.39 is 0 Å². The van der Waals surface area contributed by atoms with Gasteiger partial charge in [-0.05, 0) is 37.5 Å². The molecule has 0 aromatic heterocycles. The molecule has 0 unspecified atom stereocenters. The lowest BCUT2D eigenvalue weighted by molar-refractivity contribution is 0.459. The highest BCUT2D eigenvalue weighted by molar-refractivity contribution is 6.31. The standard InChI is InChI=1S/C10H12ClNO/c1-6-4-9(13)7(5-8(6)11)10(12)2-3-10/h4-5,13H,2-3,12H2,1H3. The Morgan fingerprint density at radius 2 is 2.08 bits per heavy atom. The highest BCUT2D eigenvalue weighted by atomic mass is 35.5. The Kier molecular flexibility index (Phi) is 1.79. The molecule has 0 saturated heterocycles. The predicted molar refractivity (Wildman–Crippen MR) is 53.0 cm³/mol. The molecule has 0 heterocycles. The summed E-state index contributed by atoms with van der Waals surface area (Å²) in [4.78, 5) is 0. The van der Waals surface area contributed by atoms with Crippen LogP contribution in [0.3, 0.4) is 0 Å². The first-order valence-electron chi connectivity index (χ1n) is 4.31. The van der Waals surface area contributed by atoms with Crippen LogP contribution in [0.2, 0.25) is 5.02 Å². The summed E-state index contributed by atoms with van der Waals surface area (Å²) in [5.41, 5.74) is 7.31. The van der Waals surface area contributed by atoms with E-state index in [2.05, 4.69) is 0 Å². The van der Waals surface area contributed by atoms with Gasteiger partial charge in [-0.2, -0.15) is 0 Å². The summed E-state index contributed by atoms with van der Waals surface area (Å²) < 4.78 is 0. The Labute approximate surface area is 82.3 Å². The molecular weight excluding hydrogens is 186 g/mol. The second kappa shape index (κ2) is 2.63. The van der Waals surface area contributed by atoms with E-state index in [1.165, 1.54) is 0 Å². The number of aryl methyl sites for hydroxylation is 1. The monoisotopic (exact) mass is 197 g/mol. The first-order valence-corrected chi connectivity index (χ1v) is 4.69. The molecule has 0 atom stereocenters. The van der Waals surface area contributed by atoms with Crippen LogP contribution >= 0.6 is 11.6 Å². The molecule has 1 aromatic rings. The van der Waals surface area contributed by atoms with Gasteiger partial charge < -0.3 is 10.8 Å². The fourth-order valence-electron chi connectivity index (χ4n) is 1.47. The van der Waals surface area contributed by atoms with Gasteiger partial charge in [0, 0.05) is 16.1 Å². The molecule has 0 radical (unpaired) electrons. The van der Waals surface area contributed by atoms with E-state index in [9.17, 15) is 5.11 Å². The van der Waals surface area contributed by atoms with Gasteiger partial charge in [0.05, 0.1) is 0 Å². The molecule has 70 valence electrons. The molecule has 3 heteroatoms. The molecule has 0 spiro atoms. The average Bonchev–Trinajstić information content (AvgIpc) is 2.77. The summed E-state index contributed by atoms with van der Waals surface area (Å²) in [5, 5.41) is 10.3. The van der Waals surface area contributed by atoms with Crippen molar-refractivity contribution < 1.29 is 5.11 Å². The summed E-state index contributed by atoms with van der Waals surface area (Å²) >= 11 is 5.95. The minimum atomic E-state index is -0.318. The van der Waals surface area contributed by atoms with Crippen LogP contribution in [0.5, 0.6) is 5.75 Å². The lowest BCUT2D eigenvalue weighted by Crippen LogP contribution is -2.18. The molecule has 1 saturated carbocycles. The Bertz CT molecular complexity index is 358.